The summed E-state index contributed by atoms with van der Waals surface area (Å²) >= 11 is 0. The lowest BCUT2D eigenvalue weighted by molar-refractivity contribution is 0.476. The molecular formula is C12H13N3O2. The van der Waals surface area contributed by atoms with E-state index < -0.39 is 5.69 Å². The summed E-state index contributed by atoms with van der Waals surface area (Å²) in [5.41, 5.74) is 6.24. The number of nitrogens with zero attached hydrogens (tertiary/aromatic N) is 1. The highest BCUT2D eigenvalue weighted by atomic mass is 16.5. The Morgan fingerprint density at radius 1 is 1.24 bits per heavy atom. The van der Waals surface area contributed by atoms with Crippen LogP contribution >= 0.6 is 0 Å². The van der Waals surface area contributed by atoms with E-state index in [2.05, 4.69) is 9.97 Å². The molecule has 0 fully saturated rings. The highest BCUT2D eigenvalue weighted by Gasteiger charge is 1.98. The Morgan fingerprint density at radius 2 is 2.00 bits per heavy atom. The number of nitrogens with two attached hydrogens (primary N) is 1. The van der Waals surface area contributed by atoms with Crippen molar-refractivity contribution < 1.29 is 4.74 Å². The van der Waals surface area contributed by atoms with E-state index in [1.807, 2.05) is 24.3 Å². The molecule has 88 valence electrons. The molecule has 0 aliphatic heterocycles. The predicted octanol–water partition coefficient (Wildman–Crippen LogP) is 1.06. The molecule has 0 aliphatic rings. The standard InChI is InChI=1S/C12H13N3O2/c13-6-5-9-1-3-10(4-2-9)17-11-7-14-12(16)15-8-11/h1-4,7-8H,5-6,13H2,(H,14,15,16). The van der Waals surface area contributed by atoms with Crippen LogP contribution in [0.25, 0.3) is 0 Å². The van der Waals surface area contributed by atoms with Crippen LogP contribution < -0.4 is 16.2 Å². The first-order chi connectivity index (χ1) is 8.28. The number of ether oxygens (including phenoxy) is 1. The third-order valence-corrected chi connectivity index (χ3v) is 2.24. The van der Waals surface area contributed by atoms with Crippen LogP contribution in [0.3, 0.4) is 0 Å². The Hall–Kier alpha value is -2.14. The average molecular weight is 231 g/mol. The molecule has 0 radical (unpaired) electrons. The van der Waals surface area contributed by atoms with Gasteiger partial charge in [0.1, 0.15) is 5.75 Å². The van der Waals surface area contributed by atoms with Crippen molar-refractivity contribution in [3.8, 4) is 11.5 Å². The molecule has 5 heteroatoms. The Morgan fingerprint density at radius 3 is 2.59 bits per heavy atom. The monoisotopic (exact) mass is 231 g/mol. The fourth-order valence-electron chi connectivity index (χ4n) is 1.41. The van der Waals surface area contributed by atoms with Crippen LogP contribution in [0.2, 0.25) is 0 Å². The first-order valence-corrected chi connectivity index (χ1v) is 5.29. The third-order valence-electron chi connectivity index (χ3n) is 2.24. The van der Waals surface area contributed by atoms with Crippen LogP contribution in [0, 0.1) is 0 Å². The van der Waals surface area contributed by atoms with Crippen molar-refractivity contribution in [1.82, 2.24) is 9.97 Å². The van der Waals surface area contributed by atoms with Crippen LogP contribution in [0.4, 0.5) is 0 Å². The molecule has 1 aromatic carbocycles. The zero-order chi connectivity index (χ0) is 12.1. The van der Waals surface area contributed by atoms with Gasteiger partial charge in [0.05, 0.1) is 12.4 Å². The zero-order valence-electron chi connectivity index (χ0n) is 9.22. The molecule has 0 aliphatic carbocycles. The van der Waals surface area contributed by atoms with Gasteiger partial charge in [0.25, 0.3) is 0 Å². The van der Waals surface area contributed by atoms with Crippen molar-refractivity contribution in [3.63, 3.8) is 0 Å². The van der Waals surface area contributed by atoms with Gasteiger partial charge in [0.15, 0.2) is 5.75 Å². The summed E-state index contributed by atoms with van der Waals surface area (Å²) in [4.78, 5) is 16.8. The third kappa shape index (κ3) is 3.15. The van der Waals surface area contributed by atoms with Gasteiger partial charge in [-0.25, -0.2) is 4.79 Å². The van der Waals surface area contributed by atoms with Gasteiger partial charge in [0, 0.05) is 0 Å². The molecule has 0 spiro atoms. The SMILES string of the molecule is NCCc1ccc(Oc2cnc(=O)[nH]c2)cc1. The highest BCUT2D eigenvalue weighted by Crippen LogP contribution is 2.19. The van der Waals surface area contributed by atoms with E-state index in [1.54, 1.807) is 0 Å². The fourth-order valence-corrected chi connectivity index (χ4v) is 1.41. The summed E-state index contributed by atoms with van der Waals surface area (Å²) in [6.45, 7) is 0.629. The maximum atomic E-state index is 10.8. The second kappa shape index (κ2) is 5.27. The van der Waals surface area contributed by atoms with Crippen LogP contribution in [-0.4, -0.2) is 16.5 Å². The van der Waals surface area contributed by atoms with Gasteiger partial charge in [-0.3, -0.25) is 0 Å². The van der Waals surface area contributed by atoms with Crippen molar-refractivity contribution in [3.05, 3.63) is 52.7 Å². The number of hydrogen-bond donors (Lipinski definition) is 2. The van der Waals surface area contributed by atoms with E-state index in [4.69, 9.17) is 10.5 Å². The lowest BCUT2D eigenvalue weighted by atomic mass is 10.1. The van der Waals surface area contributed by atoms with E-state index in [9.17, 15) is 4.79 Å². The molecule has 1 aromatic heterocycles. The minimum absolute atomic E-state index is 0.393. The zero-order valence-corrected chi connectivity index (χ0v) is 9.22. The minimum atomic E-state index is -0.393. The van der Waals surface area contributed by atoms with E-state index in [0.717, 1.165) is 6.42 Å². The number of nitrogens with one attached hydrogen (secondary N) is 1. The second-order valence-corrected chi connectivity index (χ2v) is 3.54. The van der Waals surface area contributed by atoms with Crippen LogP contribution in [-0.2, 0) is 6.42 Å². The first kappa shape index (κ1) is 11.3. The summed E-state index contributed by atoms with van der Waals surface area (Å²) < 4.78 is 5.50. The van der Waals surface area contributed by atoms with Crippen molar-refractivity contribution in [1.29, 1.82) is 0 Å². The van der Waals surface area contributed by atoms with Gasteiger partial charge in [-0.05, 0) is 30.7 Å². The minimum Gasteiger partial charge on any atom is -0.454 e. The van der Waals surface area contributed by atoms with E-state index in [-0.39, 0.29) is 0 Å². The molecule has 3 N–H and O–H groups in total. The molecule has 17 heavy (non-hydrogen) atoms. The van der Waals surface area contributed by atoms with Crippen molar-refractivity contribution in [2.45, 2.75) is 6.42 Å². The topological polar surface area (TPSA) is 81.0 Å². The van der Waals surface area contributed by atoms with E-state index in [1.165, 1.54) is 18.0 Å². The van der Waals surface area contributed by atoms with E-state index in [0.29, 0.717) is 18.0 Å². The van der Waals surface area contributed by atoms with Crippen molar-refractivity contribution in [2.24, 2.45) is 5.73 Å². The Labute approximate surface area is 98.3 Å². The lowest BCUT2D eigenvalue weighted by Gasteiger charge is -2.05. The van der Waals surface area contributed by atoms with Gasteiger partial charge in [-0.1, -0.05) is 12.1 Å². The van der Waals surface area contributed by atoms with Crippen molar-refractivity contribution >= 4 is 0 Å². The average Bonchev–Trinajstić information content (AvgIpc) is 2.35. The Kier molecular flexibility index (Phi) is 3.52. The smallest absolute Gasteiger partial charge is 0.345 e. The van der Waals surface area contributed by atoms with Gasteiger partial charge in [-0.2, -0.15) is 4.98 Å². The largest absolute Gasteiger partial charge is 0.454 e. The maximum absolute atomic E-state index is 10.8. The molecule has 2 rings (SSSR count). The molecule has 0 amide bonds. The number of hydrogen-bond acceptors (Lipinski definition) is 4. The first-order valence-electron chi connectivity index (χ1n) is 5.29. The molecule has 2 aromatic rings. The molecule has 0 unspecified atom stereocenters. The Bertz CT molecular complexity index is 514. The van der Waals surface area contributed by atoms with Crippen LogP contribution in [0.1, 0.15) is 5.56 Å². The number of aromatic amines is 1. The molecule has 0 saturated heterocycles. The Balaban J connectivity index is 2.08. The maximum Gasteiger partial charge on any atom is 0.345 e. The summed E-state index contributed by atoms with van der Waals surface area (Å²) in [6, 6.07) is 7.63. The quantitative estimate of drug-likeness (QED) is 0.824. The highest BCUT2D eigenvalue weighted by molar-refractivity contribution is 5.31. The van der Waals surface area contributed by atoms with Gasteiger partial charge < -0.3 is 15.5 Å². The normalized spacial score (nSPS) is 10.2. The van der Waals surface area contributed by atoms with Crippen molar-refractivity contribution in [2.75, 3.05) is 6.54 Å². The molecule has 1 heterocycles. The molecule has 0 bridgehead atoms. The predicted molar refractivity (Wildman–Crippen MR) is 64.1 cm³/mol. The number of benzene rings is 1. The summed E-state index contributed by atoms with van der Waals surface area (Å²) in [7, 11) is 0. The summed E-state index contributed by atoms with van der Waals surface area (Å²) in [5.74, 6) is 1.19. The summed E-state index contributed by atoms with van der Waals surface area (Å²) in [6.07, 6.45) is 3.70. The van der Waals surface area contributed by atoms with Gasteiger partial charge in [-0.15, -0.1) is 0 Å². The molecular weight excluding hydrogens is 218 g/mol. The van der Waals surface area contributed by atoms with Gasteiger partial charge >= 0.3 is 5.69 Å². The fraction of sp³-hybridized carbons (Fsp3) is 0.167. The van der Waals surface area contributed by atoms with Crippen LogP contribution in [0.5, 0.6) is 11.5 Å². The summed E-state index contributed by atoms with van der Waals surface area (Å²) in [5, 5.41) is 0. The number of rotatable bonds is 4. The molecule has 0 saturated carbocycles. The van der Waals surface area contributed by atoms with E-state index >= 15 is 0 Å². The van der Waals surface area contributed by atoms with Crippen LogP contribution in [0.15, 0.2) is 41.5 Å². The second-order valence-electron chi connectivity index (χ2n) is 3.54. The molecule has 0 atom stereocenters. The lowest BCUT2D eigenvalue weighted by Crippen LogP contribution is -2.07. The number of H-pyrrole nitrogens is 1. The van der Waals surface area contributed by atoms with Gasteiger partial charge in [0.2, 0.25) is 0 Å². The molecule has 5 nitrogen and oxygen atoms in total. The number of aromatic nitrogens is 2.